The van der Waals surface area contributed by atoms with Crippen LogP contribution in [0.5, 0.6) is 0 Å². The van der Waals surface area contributed by atoms with Gasteiger partial charge >= 0.3 is 0 Å². The maximum Gasteiger partial charge on any atom is 0.198 e. The zero-order valence-electron chi connectivity index (χ0n) is 11.3. The van der Waals surface area contributed by atoms with Gasteiger partial charge in [-0.3, -0.25) is 4.79 Å². The van der Waals surface area contributed by atoms with Gasteiger partial charge in [0.05, 0.1) is 17.2 Å². The third kappa shape index (κ3) is 2.93. The average molecular weight is 266 g/mol. The van der Waals surface area contributed by atoms with E-state index in [-0.39, 0.29) is 5.78 Å². The highest BCUT2D eigenvalue weighted by molar-refractivity contribution is 6.28. The molecule has 0 saturated carbocycles. The first-order valence-electron chi connectivity index (χ1n) is 6.04. The van der Waals surface area contributed by atoms with Crippen molar-refractivity contribution in [1.29, 1.82) is 5.26 Å². The lowest BCUT2D eigenvalue weighted by Gasteiger charge is -2.09. The van der Waals surface area contributed by atoms with Gasteiger partial charge in [0.2, 0.25) is 0 Å². The van der Waals surface area contributed by atoms with Crippen molar-refractivity contribution in [2.75, 3.05) is 14.1 Å². The van der Waals surface area contributed by atoms with Crippen LogP contribution in [0.25, 0.3) is 5.57 Å². The zero-order chi connectivity index (χ0) is 14.5. The first-order valence-corrected chi connectivity index (χ1v) is 6.04. The lowest BCUT2D eigenvalue weighted by Crippen LogP contribution is -2.10. The van der Waals surface area contributed by atoms with Gasteiger partial charge in [-0.1, -0.05) is 0 Å². The SMILES string of the molecule is CN(C)C=C(C(=O)c1ccc(C#N)cc1)c1ncc[nH]1. The molecule has 0 spiro atoms. The van der Waals surface area contributed by atoms with Crippen molar-refractivity contribution in [3.63, 3.8) is 0 Å². The third-order valence-corrected chi connectivity index (χ3v) is 2.66. The number of allylic oxidation sites excluding steroid dienone is 1. The molecule has 5 nitrogen and oxygen atoms in total. The predicted octanol–water partition coefficient (Wildman–Crippen LogP) is 2.07. The molecule has 5 heteroatoms. The van der Waals surface area contributed by atoms with Crippen LogP contribution < -0.4 is 0 Å². The molecular weight excluding hydrogens is 252 g/mol. The molecule has 0 unspecified atom stereocenters. The number of nitrogens with zero attached hydrogens (tertiary/aromatic N) is 3. The van der Waals surface area contributed by atoms with Gasteiger partial charge in [0, 0.05) is 38.3 Å². The van der Waals surface area contributed by atoms with Crippen molar-refractivity contribution in [2.45, 2.75) is 0 Å². The van der Waals surface area contributed by atoms with Gasteiger partial charge in [-0.2, -0.15) is 5.26 Å². The molecule has 0 atom stereocenters. The van der Waals surface area contributed by atoms with E-state index in [1.54, 1.807) is 47.8 Å². The Morgan fingerprint density at radius 3 is 2.55 bits per heavy atom. The number of nitrogens with one attached hydrogen (secondary N) is 1. The molecule has 20 heavy (non-hydrogen) atoms. The van der Waals surface area contributed by atoms with E-state index in [9.17, 15) is 4.79 Å². The molecule has 0 saturated heterocycles. The van der Waals surface area contributed by atoms with Gasteiger partial charge in [0.25, 0.3) is 0 Å². The summed E-state index contributed by atoms with van der Waals surface area (Å²) >= 11 is 0. The summed E-state index contributed by atoms with van der Waals surface area (Å²) in [5.41, 5.74) is 1.52. The molecule has 0 radical (unpaired) electrons. The Morgan fingerprint density at radius 1 is 1.35 bits per heavy atom. The second-order valence-electron chi connectivity index (χ2n) is 4.46. The van der Waals surface area contributed by atoms with Crippen molar-refractivity contribution in [3.8, 4) is 6.07 Å². The van der Waals surface area contributed by atoms with E-state index in [0.29, 0.717) is 22.5 Å². The number of Topliss-reactive ketones (excluding diaryl/α,β-unsaturated/α-hetero) is 1. The summed E-state index contributed by atoms with van der Waals surface area (Å²) < 4.78 is 0. The van der Waals surface area contributed by atoms with Crippen LogP contribution in [0.15, 0.2) is 42.9 Å². The number of H-pyrrole nitrogens is 1. The van der Waals surface area contributed by atoms with Crippen molar-refractivity contribution >= 4 is 11.4 Å². The summed E-state index contributed by atoms with van der Waals surface area (Å²) in [5.74, 6) is 0.381. The van der Waals surface area contributed by atoms with Crippen LogP contribution in [0.3, 0.4) is 0 Å². The summed E-state index contributed by atoms with van der Waals surface area (Å²) in [4.78, 5) is 21.4. The second kappa shape index (κ2) is 5.85. The molecule has 1 aromatic heterocycles. The van der Waals surface area contributed by atoms with Crippen LogP contribution in [0.1, 0.15) is 21.7 Å². The Labute approximate surface area is 117 Å². The van der Waals surface area contributed by atoms with E-state index in [2.05, 4.69) is 9.97 Å². The van der Waals surface area contributed by atoms with Crippen molar-refractivity contribution in [3.05, 3.63) is 59.8 Å². The number of nitriles is 1. The van der Waals surface area contributed by atoms with E-state index in [0.717, 1.165) is 0 Å². The predicted molar refractivity (Wildman–Crippen MR) is 75.7 cm³/mol. The minimum absolute atomic E-state index is 0.141. The quantitative estimate of drug-likeness (QED) is 0.679. The molecule has 0 aliphatic carbocycles. The summed E-state index contributed by atoms with van der Waals surface area (Å²) in [5, 5.41) is 8.78. The number of imidazole rings is 1. The molecule has 2 aromatic rings. The fourth-order valence-electron chi connectivity index (χ4n) is 1.75. The Balaban J connectivity index is 2.39. The number of aromatic nitrogens is 2. The molecule has 0 bridgehead atoms. The first-order chi connectivity index (χ1) is 9.61. The number of hydrogen-bond acceptors (Lipinski definition) is 4. The Bertz CT molecular complexity index is 661. The lowest BCUT2D eigenvalue weighted by molar-refractivity contribution is 0.105. The Hall–Kier alpha value is -2.87. The summed E-state index contributed by atoms with van der Waals surface area (Å²) in [6.07, 6.45) is 5.00. The van der Waals surface area contributed by atoms with Crippen LogP contribution in [0.2, 0.25) is 0 Å². The summed E-state index contributed by atoms with van der Waals surface area (Å²) in [7, 11) is 3.68. The molecule has 2 rings (SSSR count). The largest absolute Gasteiger partial charge is 0.383 e. The number of hydrogen-bond donors (Lipinski definition) is 1. The molecule has 0 aliphatic rings. The van der Waals surface area contributed by atoms with Gasteiger partial charge in [0.1, 0.15) is 5.82 Å². The minimum atomic E-state index is -0.141. The molecule has 1 heterocycles. The number of carbonyl (C=O) groups is 1. The van der Waals surface area contributed by atoms with Crippen LogP contribution in [-0.2, 0) is 0 Å². The number of rotatable bonds is 4. The highest BCUT2D eigenvalue weighted by Crippen LogP contribution is 2.17. The average Bonchev–Trinajstić information content (AvgIpc) is 2.98. The Kier molecular flexibility index (Phi) is 3.96. The van der Waals surface area contributed by atoms with Crippen LogP contribution in [-0.4, -0.2) is 34.7 Å². The zero-order valence-corrected chi connectivity index (χ0v) is 11.3. The number of benzene rings is 1. The topological polar surface area (TPSA) is 72.8 Å². The van der Waals surface area contributed by atoms with E-state index in [1.165, 1.54) is 0 Å². The van der Waals surface area contributed by atoms with Crippen LogP contribution in [0.4, 0.5) is 0 Å². The maximum absolute atomic E-state index is 12.5. The molecular formula is C15H14N4O. The van der Waals surface area contributed by atoms with Crippen LogP contribution in [0, 0.1) is 11.3 Å². The molecule has 1 aromatic carbocycles. The van der Waals surface area contributed by atoms with E-state index >= 15 is 0 Å². The Morgan fingerprint density at radius 2 is 2.05 bits per heavy atom. The van der Waals surface area contributed by atoms with Gasteiger partial charge in [0.15, 0.2) is 5.78 Å². The molecule has 1 N–H and O–H groups in total. The monoisotopic (exact) mass is 266 g/mol. The van der Waals surface area contributed by atoms with E-state index in [4.69, 9.17) is 5.26 Å². The van der Waals surface area contributed by atoms with Gasteiger partial charge < -0.3 is 9.88 Å². The van der Waals surface area contributed by atoms with Gasteiger partial charge in [-0.15, -0.1) is 0 Å². The lowest BCUT2D eigenvalue weighted by atomic mass is 10.0. The fourth-order valence-corrected chi connectivity index (χ4v) is 1.75. The molecule has 100 valence electrons. The first kappa shape index (κ1) is 13.6. The van der Waals surface area contributed by atoms with Crippen LogP contribution >= 0.6 is 0 Å². The third-order valence-electron chi connectivity index (χ3n) is 2.66. The molecule has 0 fully saturated rings. The highest BCUT2D eigenvalue weighted by atomic mass is 16.1. The highest BCUT2D eigenvalue weighted by Gasteiger charge is 2.16. The smallest absolute Gasteiger partial charge is 0.198 e. The number of aromatic amines is 1. The number of carbonyl (C=O) groups excluding carboxylic acids is 1. The van der Waals surface area contributed by atoms with Crippen molar-refractivity contribution < 1.29 is 4.79 Å². The summed E-state index contributed by atoms with van der Waals surface area (Å²) in [6, 6.07) is 8.58. The summed E-state index contributed by atoms with van der Waals surface area (Å²) in [6.45, 7) is 0. The van der Waals surface area contributed by atoms with Crippen molar-refractivity contribution in [1.82, 2.24) is 14.9 Å². The minimum Gasteiger partial charge on any atom is -0.383 e. The van der Waals surface area contributed by atoms with Crippen molar-refractivity contribution in [2.24, 2.45) is 0 Å². The van der Waals surface area contributed by atoms with Gasteiger partial charge in [-0.05, 0) is 24.3 Å². The molecule has 0 aliphatic heterocycles. The normalized spacial score (nSPS) is 10.9. The van der Waals surface area contributed by atoms with Gasteiger partial charge in [-0.25, -0.2) is 4.98 Å². The standard InChI is InChI=1S/C15H14N4O/c1-19(2)10-13(15-17-7-8-18-15)14(20)12-5-3-11(9-16)4-6-12/h3-8,10H,1-2H3,(H,17,18). The van der Waals surface area contributed by atoms with E-state index in [1.807, 2.05) is 20.2 Å². The maximum atomic E-state index is 12.5. The second-order valence-corrected chi connectivity index (χ2v) is 4.46. The number of ketones is 1. The molecule has 0 amide bonds. The fraction of sp³-hybridized carbons (Fsp3) is 0.133. The van der Waals surface area contributed by atoms with E-state index < -0.39 is 0 Å².